The molecular weight excluding hydrogens is 238 g/mol. The number of benzene rings is 1. The number of hydrogen-bond donors (Lipinski definition) is 3. The largest absolute Gasteiger partial charge is 0.360 e. The van der Waals surface area contributed by atoms with E-state index in [4.69, 9.17) is 5.73 Å². The van der Waals surface area contributed by atoms with Gasteiger partial charge < -0.3 is 16.0 Å². The molecule has 2 aromatic heterocycles. The second-order valence-electron chi connectivity index (χ2n) is 4.23. The maximum Gasteiger partial charge on any atom is 0.223 e. The second kappa shape index (κ2) is 5.07. The molecule has 5 heteroatoms. The lowest BCUT2D eigenvalue weighted by Gasteiger charge is -2.04. The summed E-state index contributed by atoms with van der Waals surface area (Å²) in [6.45, 7) is 1.22. The summed E-state index contributed by atoms with van der Waals surface area (Å²) >= 11 is 0. The Morgan fingerprint density at radius 1 is 1.21 bits per heavy atom. The van der Waals surface area contributed by atoms with Crippen molar-refractivity contribution in [3.05, 3.63) is 42.7 Å². The summed E-state index contributed by atoms with van der Waals surface area (Å²) in [7, 11) is 0. The Morgan fingerprint density at radius 3 is 3.00 bits per heavy atom. The van der Waals surface area contributed by atoms with Crippen LogP contribution in [-0.2, 0) is 0 Å². The normalized spacial score (nSPS) is 10.8. The van der Waals surface area contributed by atoms with Crippen molar-refractivity contribution in [2.45, 2.75) is 0 Å². The monoisotopic (exact) mass is 253 g/mol. The molecule has 0 atom stereocenters. The standard InChI is InChI=1S/C14H15N5/c15-6-8-17-14-16-7-5-13(19-14)11-9-18-12-4-2-1-3-10(11)12/h1-5,7,9,18H,6,8,15H2,(H,16,17,19). The van der Waals surface area contributed by atoms with Crippen LogP contribution in [0.4, 0.5) is 5.95 Å². The van der Waals surface area contributed by atoms with Crippen LogP contribution in [0.15, 0.2) is 42.7 Å². The number of para-hydroxylation sites is 1. The Hall–Kier alpha value is -2.40. The number of nitrogens with zero attached hydrogens (tertiary/aromatic N) is 2. The third-order valence-corrected chi connectivity index (χ3v) is 2.95. The highest BCUT2D eigenvalue weighted by atomic mass is 15.1. The minimum atomic E-state index is 0.556. The van der Waals surface area contributed by atoms with Crippen molar-refractivity contribution < 1.29 is 0 Å². The summed E-state index contributed by atoms with van der Waals surface area (Å²) in [5.74, 6) is 0.605. The third-order valence-electron chi connectivity index (χ3n) is 2.95. The van der Waals surface area contributed by atoms with Crippen LogP contribution < -0.4 is 11.1 Å². The van der Waals surface area contributed by atoms with E-state index >= 15 is 0 Å². The number of H-pyrrole nitrogens is 1. The lowest BCUT2D eigenvalue weighted by Crippen LogP contribution is -2.14. The first-order valence-corrected chi connectivity index (χ1v) is 6.22. The molecule has 0 amide bonds. The SMILES string of the molecule is NCCNc1nccc(-c2c[nH]c3ccccc23)n1. The topological polar surface area (TPSA) is 79.6 Å². The van der Waals surface area contributed by atoms with Gasteiger partial charge in [-0.25, -0.2) is 9.97 Å². The highest BCUT2D eigenvalue weighted by Gasteiger charge is 2.07. The first-order chi connectivity index (χ1) is 9.38. The van der Waals surface area contributed by atoms with Crippen molar-refractivity contribution in [1.29, 1.82) is 0 Å². The zero-order valence-corrected chi connectivity index (χ0v) is 10.4. The molecule has 0 radical (unpaired) electrons. The quantitative estimate of drug-likeness (QED) is 0.664. The van der Waals surface area contributed by atoms with E-state index in [9.17, 15) is 0 Å². The highest BCUT2D eigenvalue weighted by Crippen LogP contribution is 2.27. The van der Waals surface area contributed by atoms with Gasteiger partial charge in [-0.15, -0.1) is 0 Å². The molecule has 0 aliphatic heterocycles. The van der Waals surface area contributed by atoms with Gasteiger partial charge >= 0.3 is 0 Å². The van der Waals surface area contributed by atoms with E-state index in [2.05, 4.69) is 26.3 Å². The molecule has 2 heterocycles. The average Bonchev–Trinajstić information content (AvgIpc) is 2.89. The molecule has 0 bridgehead atoms. The summed E-state index contributed by atoms with van der Waals surface area (Å²) in [6.07, 6.45) is 3.72. The third kappa shape index (κ3) is 2.28. The van der Waals surface area contributed by atoms with E-state index in [1.807, 2.05) is 30.5 Å². The molecule has 96 valence electrons. The predicted molar refractivity (Wildman–Crippen MR) is 76.9 cm³/mol. The average molecular weight is 253 g/mol. The summed E-state index contributed by atoms with van der Waals surface area (Å²) in [6, 6.07) is 10.1. The number of rotatable bonds is 4. The van der Waals surface area contributed by atoms with Crippen molar-refractivity contribution >= 4 is 16.9 Å². The number of hydrogen-bond acceptors (Lipinski definition) is 4. The molecule has 0 spiro atoms. The number of fused-ring (bicyclic) bond motifs is 1. The van der Waals surface area contributed by atoms with Gasteiger partial charge in [0, 0.05) is 41.9 Å². The Bertz CT molecular complexity index is 689. The van der Waals surface area contributed by atoms with Crippen LogP contribution in [0, 0.1) is 0 Å². The Balaban J connectivity index is 2.01. The molecule has 3 aromatic rings. The van der Waals surface area contributed by atoms with Gasteiger partial charge in [-0.3, -0.25) is 0 Å². The van der Waals surface area contributed by atoms with Gasteiger partial charge in [0.1, 0.15) is 0 Å². The molecule has 19 heavy (non-hydrogen) atoms. The molecule has 0 aliphatic carbocycles. The maximum atomic E-state index is 5.46. The van der Waals surface area contributed by atoms with Crippen LogP contribution >= 0.6 is 0 Å². The number of nitrogens with one attached hydrogen (secondary N) is 2. The van der Waals surface area contributed by atoms with Crippen LogP contribution in [0.25, 0.3) is 22.2 Å². The van der Waals surface area contributed by atoms with Crippen molar-refractivity contribution in [3.63, 3.8) is 0 Å². The summed E-state index contributed by atoms with van der Waals surface area (Å²) in [5, 5.41) is 4.25. The highest BCUT2D eigenvalue weighted by molar-refractivity contribution is 5.94. The smallest absolute Gasteiger partial charge is 0.223 e. The Labute approximate surface area is 110 Å². The second-order valence-corrected chi connectivity index (χ2v) is 4.23. The van der Waals surface area contributed by atoms with E-state index in [1.54, 1.807) is 6.20 Å². The van der Waals surface area contributed by atoms with E-state index in [-0.39, 0.29) is 0 Å². The van der Waals surface area contributed by atoms with E-state index in [1.165, 1.54) is 0 Å². The van der Waals surface area contributed by atoms with Crippen LogP contribution in [-0.4, -0.2) is 28.0 Å². The summed E-state index contributed by atoms with van der Waals surface area (Å²) in [4.78, 5) is 11.9. The van der Waals surface area contributed by atoms with Crippen molar-refractivity contribution in [1.82, 2.24) is 15.0 Å². The lowest BCUT2D eigenvalue weighted by atomic mass is 10.1. The van der Waals surface area contributed by atoms with E-state index < -0.39 is 0 Å². The van der Waals surface area contributed by atoms with Gasteiger partial charge in [-0.1, -0.05) is 18.2 Å². The number of nitrogens with two attached hydrogens (primary N) is 1. The first kappa shape index (κ1) is 11.7. The molecule has 0 saturated carbocycles. The van der Waals surface area contributed by atoms with Crippen molar-refractivity contribution in [2.75, 3.05) is 18.4 Å². The molecule has 0 saturated heterocycles. The van der Waals surface area contributed by atoms with Gasteiger partial charge in [0.05, 0.1) is 5.69 Å². The number of aromatic nitrogens is 3. The Kier molecular flexibility index (Phi) is 3.12. The van der Waals surface area contributed by atoms with Gasteiger partial charge in [-0.2, -0.15) is 0 Å². The van der Waals surface area contributed by atoms with Gasteiger partial charge in [0.25, 0.3) is 0 Å². The molecule has 0 aliphatic rings. The van der Waals surface area contributed by atoms with Gasteiger partial charge in [0.15, 0.2) is 0 Å². The molecule has 4 N–H and O–H groups in total. The Morgan fingerprint density at radius 2 is 2.11 bits per heavy atom. The molecule has 5 nitrogen and oxygen atoms in total. The summed E-state index contributed by atoms with van der Waals surface area (Å²) < 4.78 is 0. The lowest BCUT2D eigenvalue weighted by molar-refractivity contribution is 0.990. The molecule has 1 aromatic carbocycles. The van der Waals surface area contributed by atoms with Crippen molar-refractivity contribution in [3.8, 4) is 11.3 Å². The minimum Gasteiger partial charge on any atom is -0.360 e. The fraction of sp³-hybridized carbons (Fsp3) is 0.143. The zero-order chi connectivity index (χ0) is 13.1. The predicted octanol–water partition coefficient (Wildman–Crippen LogP) is 2.00. The van der Waals surface area contributed by atoms with Crippen LogP contribution in [0.5, 0.6) is 0 Å². The first-order valence-electron chi connectivity index (χ1n) is 6.22. The van der Waals surface area contributed by atoms with E-state index in [0.29, 0.717) is 19.0 Å². The van der Waals surface area contributed by atoms with Gasteiger partial charge in [0.2, 0.25) is 5.95 Å². The number of aromatic amines is 1. The van der Waals surface area contributed by atoms with E-state index in [0.717, 1.165) is 22.2 Å². The molecular formula is C14H15N5. The molecule has 3 rings (SSSR count). The zero-order valence-electron chi connectivity index (χ0n) is 10.4. The van der Waals surface area contributed by atoms with Crippen LogP contribution in [0.3, 0.4) is 0 Å². The van der Waals surface area contributed by atoms with Crippen LogP contribution in [0.2, 0.25) is 0 Å². The summed E-state index contributed by atoms with van der Waals surface area (Å²) in [5.41, 5.74) is 8.54. The maximum absolute atomic E-state index is 5.46. The molecule has 0 fully saturated rings. The van der Waals surface area contributed by atoms with Crippen molar-refractivity contribution in [2.24, 2.45) is 5.73 Å². The minimum absolute atomic E-state index is 0.556. The molecule has 0 unspecified atom stereocenters. The van der Waals surface area contributed by atoms with Crippen LogP contribution in [0.1, 0.15) is 0 Å². The van der Waals surface area contributed by atoms with Gasteiger partial charge in [-0.05, 0) is 12.1 Å². The fourth-order valence-corrected chi connectivity index (χ4v) is 2.06. The fourth-order valence-electron chi connectivity index (χ4n) is 2.06. The number of anilines is 1.